The molecule has 0 saturated carbocycles. The lowest BCUT2D eigenvalue weighted by molar-refractivity contribution is 0.0730. The molecule has 1 N–H and O–H groups in total. The highest BCUT2D eigenvalue weighted by Gasteiger charge is 2.17. The molecule has 9 heteroatoms. The molecule has 0 aliphatic rings. The average molecular weight is 561 g/mol. The zero-order valence-corrected chi connectivity index (χ0v) is 22.5. The van der Waals surface area contributed by atoms with Crippen LogP contribution in [0.4, 0.5) is 5.69 Å². The van der Waals surface area contributed by atoms with Crippen LogP contribution >= 0.6 is 23.2 Å². The summed E-state index contributed by atoms with van der Waals surface area (Å²) in [6.07, 6.45) is 2.51. The number of ether oxygens (including phenoxy) is 2. The third-order valence-corrected chi connectivity index (χ3v) is 6.52. The Morgan fingerprint density at radius 1 is 1.03 bits per heavy atom. The van der Waals surface area contributed by atoms with Crippen LogP contribution in [-0.4, -0.2) is 29.4 Å². The zero-order chi connectivity index (χ0) is 27.5. The van der Waals surface area contributed by atoms with Gasteiger partial charge in [0.2, 0.25) is 5.89 Å². The van der Waals surface area contributed by atoms with Crippen LogP contribution in [0.2, 0.25) is 10.0 Å². The fraction of sp³-hybridized carbons (Fsp3) is 0.100. The van der Waals surface area contributed by atoms with Gasteiger partial charge in [-0.25, -0.2) is 9.78 Å². The second kappa shape index (κ2) is 11.2. The number of methoxy groups -OCH3 is 1. The van der Waals surface area contributed by atoms with Crippen molar-refractivity contribution in [2.24, 2.45) is 4.99 Å². The number of hydrogen-bond acceptors (Lipinski definition) is 7. The maximum atomic E-state index is 12.6. The zero-order valence-electron chi connectivity index (χ0n) is 20.9. The fourth-order valence-electron chi connectivity index (χ4n) is 3.89. The van der Waals surface area contributed by atoms with Crippen LogP contribution in [0.1, 0.15) is 28.4 Å². The van der Waals surface area contributed by atoms with Crippen molar-refractivity contribution in [1.82, 2.24) is 4.98 Å². The molecule has 5 rings (SSSR count). The summed E-state index contributed by atoms with van der Waals surface area (Å²) in [6, 6.07) is 20.3. The third-order valence-electron chi connectivity index (χ3n) is 5.97. The van der Waals surface area contributed by atoms with Crippen molar-refractivity contribution in [3.8, 4) is 28.7 Å². The Hall–Kier alpha value is -4.33. The maximum absolute atomic E-state index is 12.6. The van der Waals surface area contributed by atoms with Crippen molar-refractivity contribution in [2.45, 2.75) is 13.3 Å². The predicted molar refractivity (Wildman–Crippen MR) is 152 cm³/mol. The van der Waals surface area contributed by atoms with Crippen LogP contribution in [0, 0.1) is 0 Å². The summed E-state index contributed by atoms with van der Waals surface area (Å²) < 4.78 is 16.8. The van der Waals surface area contributed by atoms with E-state index in [-0.39, 0.29) is 22.1 Å². The highest BCUT2D eigenvalue weighted by atomic mass is 35.5. The van der Waals surface area contributed by atoms with E-state index in [1.54, 1.807) is 48.7 Å². The number of oxazole rings is 1. The number of fused-ring (bicyclic) bond motifs is 1. The van der Waals surface area contributed by atoms with Gasteiger partial charge in [0, 0.05) is 11.2 Å². The van der Waals surface area contributed by atoms with Gasteiger partial charge in [-0.05, 0) is 84.3 Å². The molecule has 0 spiro atoms. The topological polar surface area (TPSA) is 94.2 Å². The Bertz CT molecular complexity index is 1730. The number of carbonyl (C=O) groups is 1. The van der Waals surface area contributed by atoms with E-state index >= 15 is 0 Å². The van der Waals surface area contributed by atoms with E-state index in [1.807, 2.05) is 18.2 Å². The lowest BCUT2D eigenvalue weighted by atomic mass is 10.1. The first-order valence-electron chi connectivity index (χ1n) is 12.0. The van der Waals surface area contributed by atoms with E-state index < -0.39 is 5.97 Å². The van der Waals surface area contributed by atoms with Gasteiger partial charge < -0.3 is 19.0 Å². The lowest BCUT2D eigenvalue weighted by Crippen LogP contribution is -2.10. The molecule has 0 aliphatic carbocycles. The quantitative estimate of drug-likeness (QED) is 0.123. The number of nitrogens with zero attached hydrogens (tertiary/aromatic N) is 2. The van der Waals surface area contributed by atoms with E-state index in [4.69, 9.17) is 37.1 Å². The lowest BCUT2D eigenvalue weighted by Gasteiger charge is -2.10. The van der Waals surface area contributed by atoms with E-state index in [0.717, 1.165) is 17.5 Å². The summed E-state index contributed by atoms with van der Waals surface area (Å²) in [6.45, 7) is 2.07. The van der Waals surface area contributed by atoms with Crippen LogP contribution in [0.5, 0.6) is 17.2 Å². The van der Waals surface area contributed by atoms with Gasteiger partial charge >= 0.3 is 5.97 Å². The summed E-state index contributed by atoms with van der Waals surface area (Å²) in [4.78, 5) is 21.7. The number of carbonyl (C=O) groups excluding carboxylic acids is 1. The number of aromatic hydroxyl groups is 1. The van der Waals surface area contributed by atoms with Crippen molar-refractivity contribution >= 4 is 52.2 Å². The molecular formula is C30H22Cl2N2O5. The predicted octanol–water partition coefficient (Wildman–Crippen LogP) is 8.05. The van der Waals surface area contributed by atoms with Crippen molar-refractivity contribution < 1.29 is 23.8 Å². The molecule has 0 unspecified atom stereocenters. The van der Waals surface area contributed by atoms with Gasteiger partial charge in [-0.15, -0.1) is 0 Å². The number of aliphatic imine (C=N–C) groups is 1. The summed E-state index contributed by atoms with van der Waals surface area (Å²) in [5.74, 6) is 0.255. The minimum absolute atomic E-state index is 0.0323. The Labute approximate surface area is 234 Å². The number of benzene rings is 4. The number of aromatic nitrogens is 1. The van der Waals surface area contributed by atoms with E-state index in [0.29, 0.717) is 39.1 Å². The first kappa shape index (κ1) is 26.3. The molecule has 7 nitrogen and oxygen atoms in total. The monoisotopic (exact) mass is 560 g/mol. The smallest absolute Gasteiger partial charge is 0.345 e. The summed E-state index contributed by atoms with van der Waals surface area (Å²) in [5.41, 5.74) is 4.40. The van der Waals surface area contributed by atoms with Crippen LogP contribution in [-0.2, 0) is 6.42 Å². The number of aryl methyl sites for hydroxylation is 1. The first-order chi connectivity index (χ1) is 18.8. The van der Waals surface area contributed by atoms with Crippen LogP contribution in [0.3, 0.4) is 0 Å². The highest BCUT2D eigenvalue weighted by Crippen LogP contribution is 2.35. The van der Waals surface area contributed by atoms with E-state index in [9.17, 15) is 9.90 Å². The molecule has 1 heterocycles. The molecule has 0 radical (unpaired) electrons. The molecule has 5 aromatic rings. The number of halogens is 2. The van der Waals surface area contributed by atoms with Crippen LogP contribution in [0.25, 0.3) is 22.6 Å². The Kier molecular flexibility index (Phi) is 7.54. The molecule has 0 fully saturated rings. The number of hydrogen-bond donors (Lipinski definition) is 1. The number of phenols is 1. The fourth-order valence-corrected chi connectivity index (χ4v) is 4.38. The number of phenolic OH excluding ortho intramolecular Hbond substituents is 1. The molecule has 0 atom stereocenters. The number of rotatable bonds is 7. The molecular weight excluding hydrogens is 539 g/mol. The highest BCUT2D eigenvalue weighted by molar-refractivity contribution is 6.36. The summed E-state index contributed by atoms with van der Waals surface area (Å²) >= 11 is 12.0. The third kappa shape index (κ3) is 5.74. The Balaban J connectivity index is 1.37. The average Bonchev–Trinajstić information content (AvgIpc) is 3.36. The van der Waals surface area contributed by atoms with E-state index in [1.165, 1.54) is 19.2 Å². The molecule has 0 bridgehead atoms. The Morgan fingerprint density at radius 3 is 2.64 bits per heavy atom. The molecule has 196 valence electrons. The van der Waals surface area contributed by atoms with Gasteiger partial charge in [0.1, 0.15) is 11.3 Å². The standard InChI is InChI=1S/C30H22Cl2N2O5/c1-3-17-4-10-26-24(12-17)34-29(38-26)22-15-20(7-9-25(22)35)33-16-18-5-11-27(28(13-18)37-2)39-30(36)21-8-6-19(31)14-23(21)32/h4-16,35H,3H2,1-2H3. The van der Waals surface area contributed by atoms with Crippen LogP contribution in [0.15, 0.2) is 82.2 Å². The van der Waals surface area contributed by atoms with E-state index in [2.05, 4.69) is 16.9 Å². The Morgan fingerprint density at radius 2 is 1.87 bits per heavy atom. The second-order valence-corrected chi connectivity index (χ2v) is 9.40. The van der Waals surface area contributed by atoms with Crippen molar-refractivity contribution in [1.29, 1.82) is 0 Å². The molecule has 1 aromatic heterocycles. The molecule has 39 heavy (non-hydrogen) atoms. The van der Waals surface area contributed by atoms with Crippen molar-refractivity contribution in [3.63, 3.8) is 0 Å². The van der Waals surface area contributed by atoms with Gasteiger partial charge in [0.15, 0.2) is 17.1 Å². The summed E-state index contributed by atoms with van der Waals surface area (Å²) in [5, 5.41) is 11.1. The van der Waals surface area contributed by atoms with Crippen molar-refractivity contribution in [2.75, 3.05) is 7.11 Å². The minimum atomic E-state index is -0.641. The maximum Gasteiger partial charge on any atom is 0.345 e. The van der Waals surface area contributed by atoms with Gasteiger partial charge in [0.25, 0.3) is 0 Å². The largest absolute Gasteiger partial charge is 0.507 e. The van der Waals surface area contributed by atoms with Gasteiger partial charge in [-0.3, -0.25) is 4.99 Å². The molecule has 0 saturated heterocycles. The minimum Gasteiger partial charge on any atom is -0.507 e. The SMILES string of the molecule is CCc1ccc2oc(-c3cc(N=Cc4ccc(OC(=O)c5ccc(Cl)cc5Cl)c(OC)c4)ccc3O)nc2c1. The molecule has 0 aliphatic heterocycles. The summed E-state index contributed by atoms with van der Waals surface area (Å²) in [7, 11) is 1.47. The second-order valence-electron chi connectivity index (χ2n) is 8.56. The van der Waals surface area contributed by atoms with Crippen molar-refractivity contribution in [3.05, 3.63) is 99.5 Å². The number of esters is 1. The molecule has 4 aromatic carbocycles. The van der Waals surface area contributed by atoms with Crippen LogP contribution < -0.4 is 9.47 Å². The first-order valence-corrected chi connectivity index (χ1v) is 12.7. The van der Waals surface area contributed by atoms with Gasteiger partial charge in [0.05, 0.1) is 28.9 Å². The van der Waals surface area contributed by atoms with Gasteiger partial charge in [-0.2, -0.15) is 0 Å². The molecule has 0 amide bonds. The van der Waals surface area contributed by atoms with Gasteiger partial charge in [-0.1, -0.05) is 36.2 Å². The normalized spacial score (nSPS) is 11.3.